The van der Waals surface area contributed by atoms with Gasteiger partial charge in [-0.3, -0.25) is 9.69 Å². The van der Waals surface area contributed by atoms with Crippen LogP contribution in [0.25, 0.3) is 0 Å². The van der Waals surface area contributed by atoms with Crippen molar-refractivity contribution in [3.05, 3.63) is 0 Å². The summed E-state index contributed by atoms with van der Waals surface area (Å²) in [6, 6.07) is 0. The van der Waals surface area contributed by atoms with Crippen LogP contribution in [0.1, 0.15) is 33.6 Å². The molecule has 1 N–H and O–H groups in total. The van der Waals surface area contributed by atoms with Crippen LogP contribution in [0.15, 0.2) is 0 Å². The number of nitrogens with one attached hydrogen (secondary N) is 1. The average Bonchev–Trinajstić information content (AvgIpc) is 2.39. The summed E-state index contributed by atoms with van der Waals surface area (Å²) in [5.74, 6) is 1.08. The fourth-order valence-electron chi connectivity index (χ4n) is 3.27. The minimum Gasteiger partial charge on any atom is -0.340 e. The fourth-order valence-corrected chi connectivity index (χ4v) is 3.27. The largest absolute Gasteiger partial charge is 0.340 e. The Kier molecular flexibility index (Phi) is 4.85. The minimum atomic E-state index is -0.168. The molecule has 0 aromatic rings. The van der Waals surface area contributed by atoms with E-state index in [4.69, 9.17) is 0 Å². The summed E-state index contributed by atoms with van der Waals surface area (Å²) in [4.78, 5) is 17.2. The molecule has 1 unspecified atom stereocenters. The minimum absolute atomic E-state index is 0.168. The standard InChI is InChI=1S/C15H29N3O/c1-13(2)11-17-7-9-18(10-8-17)14(19)15(3)5-4-6-16-12-15/h13,16H,4-12H2,1-3H3. The highest BCUT2D eigenvalue weighted by atomic mass is 16.2. The summed E-state index contributed by atoms with van der Waals surface area (Å²) < 4.78 is 0. The van der Waals surface area contributed by atoms with Crippen LogP contribution in [0.5, 0.6) is 0 Å². The quantitative estimate of drug-likeness (QED) is 0.834. The summed E-state index contributed by atoms with van der Waals surface area (Å²) in [5.41, 5.74) is -0.168. The summed E-state index contributed by atoms with van der Waals surface area (Å²) in [7, 11) is 0. The van der Waals surface area contributed by atoms with Gasteiger partial charge in [0.15, 0.2) is 0 Å². The maximum absolute atomic E-state index is 12.7. The number of carbonyl (C=O) groups excluding carboxylic acids is 1. The number of piperidine rings is 1. The maximum Gasteiger partial charge on any atom is 0.229 e. The number of rotatable bonds is 3. The number of amides is 1. The molecular formula is C15H29N3O. The van der Waals surface area contributed by atoms with E-state index in [0.29, 0.717) is 11.8 Å². The number of hydrogen-bond donors (Lipinski definition) is 1. The molecule has 0 aromatic heterocycles. The first-order valence-corrected chi connectivity index (χ1v) is 7.74. The van der Waals surface area contributed by atoms with Crippen molar-refractivity contribution in [2.75, 3.05) is 45.8 Å². The molecule has 0 aromatic carbocycles. The van der Waals surface area contributed by atoms with Gasteiger partial charge in [-0.25, -0.2) is 0 Å². The van der Waals surface area contributed by atoms with E-state index < -0.39 is 0 Å². The lowest BCUT2D eigenvalue weighted by Crippen LogP contribution is -2.56. The molecule has 0 saturated carbocycles. The van der Waals surface area contributed by atoms with E-state index >= 15 is 0 Å². The van der Waals surface area contributed by atoms with Gasteiger partial charge < -0.3 is 10.2 Å². The van der Waals surface area contributed by atoms with Crippen LogP contribution in [-0.2, 0) is 4.79 Å². The van der Waals surface area contributed by atoms with Crippen LogP contribution in [0.4, 0.5) is 0 Å². The second kappa shape index (κ2) is 6.23. The number of hydrogen-bond acceptors (Lipinski definition) is 3. The molecule has 2 fully saturated rings. The van der Waals surface area contributed by atoms with Crippen LogP contribution in [-0.4, -0.2) is 61.5 Å². The number of nitrogens with zero attached hydrogens (tertiary/aromatic N) is 2. The molecule has 0 bridgehead atoms. The maximum atomic E-state index is 12.7. The molecule has 2 saturated heterocycles. The monoisotopic (exact) mass is 267 g/mol. The van der Waals surface area contributed by atoms with E-state index in [1.54, 1.807) is 0 Å². The first-order chi connectivity index (χ1) is 9.01. The van der Waals surface area contributed by atoms with Gasteiger partial charge in [-0.05, 0) is 32.2 Å². The summed E-state index contributed by atoms with van der Waals surface area (Å²) in [6.07, 6.45) is 2.15. The van der Waals surface area contributed by atoms with Gasteiger partial charge in [-0.1, -0.05) is 13.8 Å². The summed E-state index contributed by atoms with van der Waals surface area (Å²) in [6.45, 7) is 13.6. The van der Waals surface area contributed by atoms with E-state index in [1.807, 2.05) is 0 Å². The van der Waals surface area contributed by atoms with Gasteiger partial charge in [0.05, 0.1) is 5.41 Å². The SMILES string of the molecule is CC(C)CN1CCN(C(=O)C2(C)CCCNC2)CC1. The van der Waals surface area contributed by atoms with Crippen LogP contribution in [0, 0.1) is 11.3 Å². The third-order valence-corrected chi connectivity index (χ3v) is 4.40. The molecule has 110 valence electrons. The zero-order valence-corrected chi connectivity index (χ0v) is 12.7. The van der Waals surface area contributed by atoms with Gasteiger partial charge in [0, 0.05) is 39.3 Å². The van der Waals surface area contributed by atoms with E-state index in [2.05, 4.69) is 35.9 Å². The molecule has 2 heterocycles. The highest BCUT2D eigenvalue weighted by Crippen LogP contribution is 2.28. The predicted molar refractivity (Wildman–Crippen MR) is 78.1 cm³/mol. The molecular weight excluding hydrogens is 238 g/mol. The fraction of sp³-hybridized carbons (Fsp3) is 0.933. The summed E-state index contributed by atoms with van der Waals surface area (Å²) >= 11 is 0. The molecule has 1 atom stereocenters. The lowest BCUT2D eigenvalue weighted by atomic mass is 9.81. The van der Waals surface area contributed by atoms with Crippen molar-refractivity contribution in [2.45, 2.75) is 33.6 Å². The molecule has 2 rings (SSSR count). The van der Waals surface area contributed by atoms with Gasteiger partial charge in [0.25, 0.3) is 0 Å². The molecule has 2 aliphatic heterocycles. The van der Waals surface area contributed by atoms with Gasteiger partial charge >= 0.3 is 0 Å². The summed E-state index contributed by atoms with van der Waals surface area (Å²) in [5, 5.41) is 3.37. The van der Waals surface area contributed by atoms with Gasteiger partial charge in [-0.15, -0.1) is 0 Å². The zero-order chi connectivity index (χ0) is 13.9. The Hall–Kier alpha value is -0.610. The smallest absolute Gasteiger partial charge is 0.229 e. The van der Waals surface area contributed by atoms with Crippen molar-refractivity contribution in [2.24, 2.45) is 11.3 Å². The molecule has 0 aliphatic carbocycles. The van der Waals surface area contributed by atoms with Crippen molar-refractivity contribution in [3.63, 3.8) is 0 Å². The Balaban J connectivity index is 1.85. The highest BCUT2D eigenvalue weighted by Gasteiger charge is 2.38. The Morgan fingerprint density at radius 3 is 2.47 bits per heavy atom. The molecule has 1 amide bonds. The number of piperazine rings is 1. The molecule has 4 heteroatoms. The lowest BCUT2D eigenvalue weighted by Gasteiger charge is -2.41. The van der Waals surface area contributed by atoms with Gasteiger partial charge in [0.1, 0.15) is 0 Å². The first kappa shape index (κ1) is 14.8. The first-order valence-electron chi connectivity index (χ1n) is 7.74. The second-order valence-electron chi connectivity index (χ2n) is 6.83. The molecule has 0 spiro atoms. The molecule has 2 aliphatic rings. The third kappa shape index (κ3) is 3.69. The van der Waals surface area contributed by atoms with E-state index in [9.17, 15) is 4.79 Å². The van der Waals surface area contributed by atoms with Crippen molar-refractivity contribution in [1.82, 2.24) is 15.1 Å². The van der Waals surface area contributed by atoms with Crippen LogP contribution < -0.4 is 5.32 Å². The number of carbonyl (C=O) groups is 1. The van der Waals surface area contributed by atoms with E-state index in [1.165, 1.54) is 0 Å². The van der Waals surface area contributed by atoms with E-state index in [-0.39, 0.29) is 5.41 Å². The van der Waals surface area contributed by atoms with Crippen molar-refractivity contribution >= 4 is 5.91 Å². The Morgan fingerprint density at radius 2 is 1.95 bits per heavy atom. The highest BCUT2D eigenvalue weighted by molar-refractivity contribution is 5.82. The van der Waals surface area contributed by atoms with Crippen LogP contribution in [0.2, 0.25) is 0 Å². The van der Waals surface area contributed by atoms with Gasteiger partial charge in [-0.2, -0.15) is 0 Å². The zero-order valence-electron chi connectivity index (χ0n) is 12.7. The Labute approximate surface area is 117 Å². The van der Waals surface area contributed by atoms with Crippen molar-refractivity contribution in [1.29, 1.82) is 0 Å². The van der Waals surface area contributed by atoms with Crippen molar-refractivity contribution < 1.29 is 4.79 Å². The molecule has 4 nitrogen and oxygen atoms in total. The predicted octanol–water partition coefficient (Wildman–Crippen LogP) is 1.18. The topological polar surface area (TPSA) is 35.6 Å². The molecule has 19 heavy (non-hydrogen) atoms. The van der Waals surface area contributed by atoms with E-state index in [0.717, 1.165) is 58.7 Å². The molecule has 0 radical (unpaired) electrons. The average molecular weight is 267 g/mol. The Morgan fingerprint density at radius 1 is 1.26 bits per heavy atom. The van der Waals surface area contributed by atoms with Gasteiger partial charge in [0.2, 0.25) is 5.91 Å². The lowest BCUT2D eigenvalue weighted by molar-refractivity contribution is -0.144. The van der Waals surface area contributed by atoms with Crippen molar-refractivity contribution in [3.8, 4) is 0 Å². The second-order valence-corrected chi connectivity index (χ2v) is 6.83. The normalized spacial score (nSPS) is 29.8. The van der Waals surface area contributed by atoms with Crippen LogP contribution >= 0.6 is 0 Å². The Bertz CT molecular complexity index is 303. The van der Waals surface area contributed by atoms with Crippen LogP contribution in [0.3, 0.4) is 0 Å². The third-order valence-electron chi connectivity index (χ3n) is 4.40.